The monoisotopic (exact) mass is 275 g/mol. The van der Waals surface area contributed by atoms with Crippen molar-refractivity contribution in [2.75, 3.05) is 10.7 Å². The number of rotatable bonds is 3. The van der Waals surface area contributed by atoms with E-state index in [4.69, 9.17) is 17.4 Å². The number of benzene rings is 1. The number of hydrogen-bond acceptors (Lipinski definition) is 5. The van der Waals surface area contributed by atoms with Crippen molar-refractivity contribution in [3.8, 4) is 0 Å². The molecule has 0 amide bonds. The first-order valence-corrected chi connectivity index (χ1v) is 6.46. The van der Waals surface area contributed by atoms with Crippen LogP contribution >= 0.6 is 11.6 Å². The van der Waals surface area contributed by atoms with Crippen LogP contribution in [0.4, 0.5) is 11.8 Å². The molecule has 6 heteroatoms. The summed E-state index contributed by atoms with van der Waals surface area (Å²) in [6, 6.07) is 8.75. The fraction of sp³-hybridized carbons (Fsp3) is 0.231. The number of nitrogens with zero attached hydrogens (tertiary/aromatic N) is 2. The van der Waals surface area contributed by atoms with E-state index in [1.807, 2.05) is 0 Å². The fourth-order valence-corrected chi connectivity index (χ4v) is 2.54. The number of nitrogens with one attached hydrogen (secondary N) is 2. The van der Waals surface area contributed by atoms with Gasteiger partial charge in [-0.25, -0.2) is 10.8 Å². The molecular weight excluding hydrogens is 262 g/mol. The quantitative estimate of drug-likeness (QED) is 0.590. The summed E-state index contributed by atoms with van der Waals surface area (Å²) >= 11 is 6.09. The van der Waals surface area contributed by atoms with Crippen LogP contribution in [0.5, 0.6) is 0 Å². The van der Waals surface area contributed by atoms with E-state index in [9.17, 15) is 0 Å². The number of hydrogen-bond donors (Lipinski definition) is 3. The first kappa shape index (κ1) is 12.2. The summed E-state index contributed by atoms with van der Waals surface area (Å²) in [5.74, 6) is 6.26. The molecule has 3 rings (SSSR count). The summed E-state index contributed by atoms with van der Waals surface area (Å²) < 4.78 is 0. The average Bonchev–Trinajstić information content (AvgIpc) is 2.83. The highest BCUT2D eigenvalue weighted by molar-refractivity contribution is 6.32. The van der Waals surface area contributed by atoms with Crippen LogP contribution < -0.4 is 16.6 Å². The van der Waals surface area contributed by atoms with Gasteiger partial charge in [-0.3, -0.25) is 5.43 Å². The minimum atomic E-state index is 0.301. The van der Waals surface area contributed by atoms with Crippen LogP contribution in [-0.2, 0) is 12.8 Å². The second-order valence-corrected chi connectivity index (χ2v) is 4.96. The maximum atomic E-state index is 6.09. The Labute approximate surface area is 116 Å². The molecule has 1 aromatic carbocycles. The van der Waals surface area contributed by atoms with Crippen LogP contribution in [0, 0.1) is 0 Å². The molecule has 1 aliphatic rings. The van der Waals surface area contributed by atoms with Crippen molar-refractivity contribution in [2.45, 2.75) is 18.9 Å². The second kappa shape index (κ2) is 5.03. The highest BCUT2D eigenvalue weighted by atomic mass is 35.5. The third kappa shape index (κ3) is 2.47. The molecule has 1 aromatic heterocycles. The van der Waals surface area contributed by atoms with Gasteiger partial charge in [0.25, 0.3) is 0 Å². The summed E-state index contributed by atoms with van der Waals surface area (Å²) in [6.45, 7) is 0. The predicted octanol–water partition coefficient (Wildman–Crippen LogP) is 1.99. The molecule has 98 valence electrons. The Morgan fingerprint density at radius 3 is 2.53 bits per heavy atom. The van der Waals surface area contributed by atoms with E-state index in [1.165, 1.54) is 17.3 Å². The molecule has 19 heavy (non-hydrogen) atoms. The standard InChI is InChI=1S/C13H14ClN5/c14-11-7-16-13(19-15)18-12(11)17-10-5-8-3-1-2-4-9(8)6-10/h1-4,7,10H,5-6,15H2,(H2,16,17,18,19). The van der Waals surface area contributed by atoms with Crippen LogP contribution in [-0.4, -0.2) is 16.0 Å². The molecule has 0 spiro atoms. The van der Waals surface area contributed by atoms with Crippen molar-refractivity contribution < 1.29 is 0 Å². The van der Waals surface area contributed by atoms with E-state index >= 15 is 0 Å². The topological polar surface area (TPSA) is 75.9 Å². The highest BCUT2D eigenvalue weighted by Crippen LogP contribution is 2.26. The van der Waals surface area contributed by atoms with Gasteiger partial charge in [0.2, 0.25) is 5.95 Å². The zero-order valence-corrected chi connectivity index (χ0v) is 11.0. The summed E-state index contributed by atoms with van der Waals surface area (Å²) in [4.78, 5) is 8.18. The third-order valence-corrected chi connectivity index (χ3v) is 3.54. The van der Waals surface area contributed by atoms with Gasteiger partial charge in [-0.15, -0.1) is 0 Å². The number of hydrazine groups is 1. The maximum Gasteiger partial charge on any atom is 0.239 e. The molecule has 0 atom stereocenters. The van der Waals surface area contributed by atoms with Crippen molar-refractivity contribution in [2.24, 2.45) is 5.84 Å². The molecule has 1 aliphatic carbocycles. The van der Waals surface area contributed by atoms with Gasteiger partial charge in [0, 0.05) is 6.04 Å². The van der Waals surface area contributed by atoms with Gasteiger partial charge in [-0.1, -0.05) is 35.9 Å². The van der Waals surface area contributed by atoms with Crippen molar-refractivity contribution in [3.63, 3.8) is 0 Å². The van der Waals surface area contributed by atoms with Gasteiger partial charge in [-0.05, 0) is 24.0 Å². The largest absolute Gasteiger partial charge is 0.365 e. The molecule has 4 N–H and O–H groups in total. The minimum absolute atomic E-state index is 0.301. The second-order valence-electron chi connectivity index (χ2n) is 4.55. The Hall–Kier alpha value is -1.85. The van der Waals surface area contributed by atoms with Crippen LogP contribution in [0.1, 0.15) is 11.1 Å². The van der Waals surface area contributed by atoms with Crippen LogP contribution in [0.2, 0.25) is 5.02 Å². The lowest BCUT2D eigenvalue weighted by atomic mass is 10.1. The summed E-state index contributed by atoms with van der Waals surface area (Å²) in [7, 11) is 0. The molecule has 2 aromatic rings. The van der Waals surface area contributed by atoms with Crippen LogP contribution in [0.3, 0.4) is 0 Å². The lowest BCUT2D eigenvalue weighted by Crippen LogP contribution is -2.21. The molecule has 5 nitrogen and oxygen atoms in total. The number of nitrogens with two attached hydrogens (primary N) is 1. The van der Waals surface area contributed by atoms with Crippen molar-refractivity contribution in [3.05, 3.63) is 46.6 Å². The number of anilines is 2. The molecule has 0 unspecified atom stereocenters. The van der Waals surface area contributed by atoms with Gasteiger partial charge >= 0.3 is 0 Å². The zero-order chi connectivity index (χ0) is 13.2. The maximum absolute atomic E-state index is 6.09. The summed E-state index contributed by atoms with van der Waals surface area (Å²) in [5.41, 5.74) is 5.17. The summed E-state index contributed by atoms with van der Waals surface area (Å²) in [5, 5.41) is 3.85. The van der Waals surface area contributed by atoms with Gasteiger partial charge in [0.1, 0.15) is 5.02 Å². The van der Waals surface area contributed by atoms with Crippen molar-refractivity contribution in [1.82, 2.24) is 9.97 Å². The Bertz CT molecular complexity index is 576. The van der Waals surface area contributed by atoms with E-state index in [0.717, 1.165) is 12.8 Å². The molecule has 0 aliphatic heterocycles. The third-order valence-electron chi connectivity index (χ3n) is 3.27. The number of nitrogen functional groups attached to an aromatic ring is 1. The first-order chi connectivity index (χ1) is 9.26. The smallest absolute Gasteiger partial charge is 0.239 e. The normalized spacial score (nSPS) is 14.2. The van der Waals surface area contributed by atoms with Crippen LogP contribution in [0.15, 0.2) is 30.5 Å². The molecule has 0 radical (unpaired) electrons. The van der Waals surface area contributed by atoms with E-state index in [0.29, 0.717) is 22.8 Å². The van der Waals surface area contributed by atoms with Crippen molar-refractivity contribution >= 4 is 23.4 Å². The molecule has 1 heterocycles. The van der Waals surface area contributed by atoms with E-state index in [2.05, 4.69) is 45.0 Å². The van der Waals surface area contributed by atoms with Crippen LogP contribution in [0.25, 0.3) is 0 Å². The predicted molar refractivity (Wildman–Crippen MR) is 76.1 cm³/mol. The lowest BCUT2D eigenvalue weighted by molar-refractivity contribution is 0.768. The van der Waals surface area contributed by atoms with Crippen molar-refractivity contribution in [1.29, 1.82) is 0 Å². The average molecular weight is 276 g/mol. The molecule has 0 bridgehead atoms. The molecular formula is C13H14ClN5. The molecule has 0 saturated heterocycles. The van der Waals surface area contributed by atoms with E-state index < -0.39 is 0 Å². The van der Waals surface area contributed by atoms with Gasteiger partial charge < -0.3 is 5.32 Å². The van der Waals surface area contributed by atoms with Gasteiger partial charge in [0.15, 0.2) is 5.82 Å². The molecule has 0 fully saturated rings. The first-order valence-electron chi connectivity index (χ1n) is 6.08. The number of fused-ring (bicyclic) bond motifs is 1. The Morgan fingerprint density at radius 1 is 1.21 bits per heavy atom. The Kier molecular flexibility index (Phi) is 3.23. The highest BCUT2D eigenvalue weighted by Gasteiger charge is 2.21. The number of halogens is 1. The summed E-state index contributed by atoms with van der Waals surface area (Å²) in [6.07, 6.45) is 3.48. The Balaban J connectivity index is 1.77. The SMILES string of the molecule is NNc1ncc(Cl)c(NC2Cc3ccccc3C2)n1. The Morgan fingerprint density at radius 2 is 1.89 bits per heavy atom. The van der Waals surface area contributed by atoms with Gasteiger partial charge in [0.05, 0.1) is 6.20 Å². The van der Waals surface area contributed by atoms with E-state index in [1.54, 1.807) is 0 Å². The lowest BCUT2D eigenvalue weighted by Gasteiger charge is -2.14. The molecule has 0 saturated carbocycles. The zero-order valence-electron chi connectivity index (χ0n) is 10.2. The van der Waals surface area contributed by atoms with Gasteiger partial charge in [-0.2, -0.15) is 4.98 Å². The van der Waals surface area contributed by atoms with E-state index in [-0.39, 0.29) is 0 Å². The number of aromatic nitrogens is 2. The fourth-order valence-electron chi connectivity index (χ4n) is 2.39. The minimum Gasteiger partial charge on any atom is -0.365 e.